The van der Waals surface area contributed by atoms with Gasteiger partial charge in [-0.3, -0.25) is 9.55 Å². The molecule has 0 aliphatic rings. The van der Waals surface area contributed by atoms with E-state index < -0.39 is 0 Å². The lowest BCUT2D eigenvalue weighted by molar-refractivity contribution is -0.964. The fraction of sp³-hybridized carbons (Fsp3) is 0.350. The van der Waals surface area contributed by atoms with Gasteiger partial charge < -0.3 is 4.90 Å². The molecule has 0 amide bonds. The number of aromatic nitrogens is 4. The number of benzene rings is 1. The van der Waals surface area contributed by atoms with E-state index in [9.17, 15) is 0 Å². The maximum atomic E-state index is 6.07. The molecule has 7 heteroatoms. The summed E-state index contributed by atoms with van der Waals surface area (Å²) in [6.07, 6.45) is 3.53. The van der Waals surface area contributed by atoms with E-state index in [1.165, 1.54) is 4.90 Å². The Morgan fingerprint density at radius 3 is 2.15 bits per heavy atom. The summed E-state index contributed by atoms with van der Waals surface area (Å²) in [5, 5.41) is 5.57. The number of halogens is 1. The van der Waals surface area contributed by atoms with Gasteiger partial charge in [0.1, 0.15) is 0 Å². The van der Waals surface area contributed by atoms with Crippen molar-refractivity contribution in [3.05, 3.63) is 58.6 Å². The topological polar surface area (TPSA) is 40.1 Å². The lowest BCUT2D eigenvalue weighted by Crippen LogP contribution is -3.17. The highest BCUT2D eigenvalue weighted by Gasteiger charge is 2.21. The normalized spacial score (nSPS) is 11.7. The van der Waals surface area contributed by atoms with Crippen molar-refractivity contribution in [2.24, 2.45) is 0 Å². The highest BCUT2D eigenvalue weighted by atomic mass is 35.5. The minimum Gasteiger partial charge on any atom is -0.312 e. The van der Waals surface area contributed by atoms with Crippen molar-refractivity contribution >= 4 is 23.8 Å². The molecule has 2 heterocycles. The number of hydrogen-bond acceptors (Lipinski definition) is 3. The molecule has 1 aromatic carbocycles. The fourth-order valence-corrected chi connectivity index (χ4v) is 3.65. The van der Waals surface area contributed by atoms with Crippen molar-refractivity contribution in [3.8, 4) is 17.1 Å². The number of rotatable bonds is 6. The van der Waals surface area contributed by atoms with Crippen LogP contribution in [0.1, 0.15) is 27.7 Å². The van der Waals surface area contributed by atoms with Crippen LogP contribution < -0.4 is 4.90 Å². The van der Waals surface area contributed by atoms with Crippen LogP contribution in [-0.4, -0.2) is 31.4 Å². The van der Waals surface area contributed by atoms with E-state index in [0.717, 1.165) is 17.1 Å². The van der Waals surface area contributed by atoms with E-state index in [1.807, 2.05) is 45.6 Å². The first-order valence-electron chi connectivity index (χ1n) is 9.10. The van der Waals surface area contributed by atoms with E-state index in [1.54, 1.807) is 12.4 Å². The molecule has 3 aromatic rings. The van der Waals surface area contributed by atoms with E-state index in [4.69, 9.17) is 28.9 Å². The molecule has 27 heavy (non-hydrogen) atoms. The highest BCUT2D eigenvalue weighted by Crippen LogP contribution is 2.23. The molecule has 0 aliphatic heterocycles. The second kappa shape index (κ2) is 8.33. The third-order valence-electron chi connectivity index (χ3n) is 4.68. The lowest BCUT2D eigenvalue weighted by Gasteiger charge is -2.26. The van der Waals surface area contributed by atoms with Gasteiger partial charge in [-0.1, -0.05) is 11.6 Å². The third kappa shape index (κ3) is 4.29. The minimum atomic E-state index is 0.469. The first-order chi connectivity index (χ1) is 12.9. The predicted molar refractivity (Wildman–Crippen MR) is 112 cm³/mol. The van der Waals surface area contributed by atoms with Crippen molar-refractivity contribution in [2.45, 2.75) is 46.4 Å². The molecule has 3 rings (SSSR count). The Labute approximate surface area is 170 Å². The molecule has 1 N–H and O–H groups in total. The predicted octanol–water partition coefficient (Wildman–Crippen LogP) is 3.78. The summed E-state index contributed by atoms with van der Waals surface area (Å²) in [7, 11) is 0. The zero-order valence-corrected chi connectivity index (χ0v) is 17.6. The molecule has 0 saturated heterocycles. The molecule has 0 spiro atoms. The highest BCUT2D eigenvalue weighted by molar-refractivity contribution is 7.71. The van der Waals surface area contributed by atoms with Gasteiger partial charge >= 0.3 is 0 Å². The summed E-state index contributed by atoms with van der Waals surface area (Å²) in [5.41, 5.74) is 1.92. The van der Waals surface area contributed by atoms with Crippen molar-refractivity contribution in [1.29, 1.82) is 0 Å². The van der Waals surface area contributed by atoms with Crippen LogP contribution in [0.3, 0.4) is 0 Å². The smallest absolute Gasteiger partial charge is 0.207 e. The Morgan fingerprint density at radius 1 is 1.00 bits per heavy atom. The van der Waals surface area contributed by atoms with Gasteiger partial charge in [-0.25, -0.2) is 0 Å². The van der Waals surface area contributed by atoms with Gasteiger partial charge in [0, 0.05) is 23.0 Å². The summed E-state index contributed by atoms with van der Waals surface area (Å²) in [4.78, 5) is 5.54. The number of nitrogens with one attached hydrogen (secondary N) is 1. The van der Waals surface area contributed by atoms with Crippen molar-refractivity contribution in [3.63, 3.8) is 0 Å². The van der Waals surface area contributed by atoms with Crippen LogP contribution in [0, 0.1) is 4.77 Å². The van der Waals surface area contributed by atoms with Gasteiger partial charge in [0.15, 0.2) is 12.5 Å². The standard InChI is InChI=1S/C20H24ClN5S/c1-14(2)24(15(3)4)13-25-20(27)26(18-7-5-17(21)6-8-18)19(23-25)16-9-11-22-12-10-16/h5-12,14-15H,13H2,1-4H3/p+1. The van der Waals surface area contributed by atoms with E-state index >= 15 is 0 Å². The number of nitrogens with zero attached hydrogens (tertiary/aromatic N) is 4. The average molecular weight is 403 g/mol. The third-order valence-corrected chi connectivity index (χ3v) is 5.32. The summed E-state index contributed by atoms with van der Waals surface area (Å²) in [6, 6.07) is 12.5. The van der Waals surface area contributed by atoms with Gasteiger partial charge in [-0.05, 0) is 76.3 Å². The molecule has 0 fully saturated rings. The van der Waals surface area contributed by atoms with E-state index in [0.29, 0.717) is 28.5 Å². The quantitative estimate of drug-likeness (QED) is 0.638. The lowest BCUT2D eigenvalue weighted by atomic mass is 10.2. The maximum absolute atomic E-state index is 6.07. The average Bonchev–Trinajstić information content (AvgIpc) is 2.97. The zero-order valence-electron chi connectivity index (χ0n) is 16.1. The summed E-state index contributed by atoms with van der Waals surface area (Å²) < 4.78 is 4.59. The number of hydrogen-bond donors (Lipinski definition) is 1. The van der Waals surface area contributed by atoms with Crippen LogP contribution in [0.5, 0.6) is 0 Å². The van der Waals surface area contributed by atoms with Crippen molar-refractivity contribution < 1.29 is 4.90 Å². The molecule has 2 aromatic heterocycles. The van der Waals surface area contributed by atoms with Crippen LogP contribution in [0.4, 0.5) is 0 Å². The Morgan fingerprint density at radius 2 is 1.59 bits per heavy atom. The number of quaternary nitrogens is 1. The molecular formula is C20H25ClN5S+. The second-order valence-corrected chi connectivity index (χ2v) is 8.00. The molecule has 0 unspecified atom stereocenters. The van der Waals surface area contributed by atoms with Gasteiger partial charge in [0.2, 0.25) is 4.77 Å². The Bertz CT molecular complexity index is 937. The van der Waals surface area contributed by atoms with Crippen LogP contribution in [0.2, 0.25) is 5.02 Å². The van der Waals surface area contributed by atoms with Crippen LogP contribution >= 0.6 is 23.8 Å². The van der Waals surface area contributed by atoms with Gasteiger partial charge in [0.05, 0.1) is 17.8 Å². The van der Waals surface area contributed by atoms with Crippen molar-refractivity contribution in [1.82, 2.24) is 19.3 Å². The Balaban J connectivity index is 2.15. The molecule has 0 aliphatic carbocycles. The Kier molecular flexibility index (Phi) is 6.09. The maximum Gasteiger partial charge on any atom is 0.207 e. The molecule has 0 bridgehead atoms. The van der Waals surface area contributed by atoms with Gasteiger partial charge in [-0.2, -0.15) is 4.68 Å². The largest absolute Gasteiger partial charge is 0.312 e. The van der Waals surface area contributed by atoms with Crippen LogP contribution in [-0.2, 0) is 6.67 Å². The van der Waals surface area contributed by atoms with Crippen LogP contribution in [0.25, 0.3) is 17.1 Å². The van der Waals surface area contributed by atoms with E-state index in [2.05, 4.69) is 32.7 Å². The molecular weight excluding hydrogens is 378 g/mol. The number of pyridine rings is 1. The van der Waals surface area contributed by atoms with Gasteiger partial charge in [0.25, 0.3) is 0 Å². The first-order valence-corrected chi connectivity index (χ1v) is 9.89. The zero-order chi connectivity index (χ0) is 19.6. The SMILES string of the molecule is CC(C)[NH+](Cn1nc(-c2ccncc2)n(-c2ccc(Cl)cc2)c1=S)C(C)C. The summed E-state index contributed by atoms with van der Waals surface area (Å²) in [5.74, 6) is 0.802. The molecule has 5 nitrogen and oxygen atoms in total. The van der Waals surface area contributed by atoms with Gasteiger partial charge in [-0.15, -0.1) is 5.10 Å². The summed E-state index contributed by atoms with van der Waals surface area (Å²) >= 11 is 11.9. The molecule has 142 valence electrons. The summed E-state index contributed by atoms with van der Waals surface area (Å²) in [6.45, 7) is 9.60. The van der Waals surface area contributed by atoms with Crippen molar-refractivity contribution in [2.75, 3.05) is 0 Å². The molecule has 0 radical (unpaired) electrons. The second-order valence-electron chi connectivity index (χ2n) is 7.20. The Hall–Kier alpha value is -2.02. The van der Waals surface area contributed by atoms with Crippen LogP contribution in [0.15, 0.2) is 48.8 Å². The van der Waals surface area contributed by atoms with E-state index in [-0.39, 0.29) is 0 Å². The molecule has 0 atom stereocenters. The minimum absolute atomic E-state index is 0.469. The fourth-order valence-electron chi connectivity index (χ4n) is 3.23. The molecule has 0 saturated carbocycles. The first kappa shape index (κ1) is 19.7. The monoisotopic (exact) mass is 402 g/mol.